The van der Waals surface area contributed by atoms with Gasteiger partial charge in [0.05, 0.1) is 50.7 Å². The summed E-state index contributed by atoms with van der Waals surface area (Å²) in [5.41, 5.74) is 5.95. The number of amides is 1. The SMILES string of the molecule is [CH2-]CCCC1(C)/C(=C\C=C2/CCCC(/C=C/C3=[N+]4CCCc5ccc(S(=O)(=O)[O-])c(c54)C3(C)CCCCS(=O)(=O)[O-])=C2Oc2ccc(C(=O)NCCOCCOCCCCCCCl)cc2)N2CCCc3ccc(S(=O)(=O)[O-])c1c32.[Na+].[Na+].[Na+]. The number of rotatable bonds is 28. The van der Waals surface area contributed by atoms with E-state index < -0.39 is 46.9 Å². The molecule has 1 aliphatic carbocycles. The number of carbonyl (C=O) groups is 1. The van der Waals surface area contributed by atoms with E-state index in [1.54, 1.807) is 36.4 Å². The first-order valence-electron chi connectivity index (χ1n) is 27.7. The zero-order chi connectivity index (χ0) is 56.6. The molecule has 0 fully saturated rings. The van der Waals surface area contributed by atoms with Crippen molar-refractivity contribution in [2.45, 2.75) is 144 Å². The van der Waals surface area contributed by atoms with Gasteiger partial charge in [-0.15, -0.1) is 11.6 Å². The van der Waals surface area contributed by atoms with Crippen molar-refractivity contribution in [3.63, 3.8) is 0 Å². The van der Waals surface area contributed by atoms with Gasteiger partial charge in [0.15, 0.2) is 5.71 Å². The second-order valence-electron chi connectivity index (χ2n) is 21.5. The molecule has 23 heteroatoms. The molecule has 1 amide bonds. The molecule has 16 nitrogen and oxygen atoms in total. The molecular weight excluding hydrogens is 1160 g/mol. The summed E-state index contributed by atoms with van der Waals surface area (Å²) in [6.07, 6.45) is 19.3. The minimum absolute atomic E-state index is 0. The molecule has 5 aliphatic rings. The van der Waals surface area contributed by atoms with E-state index in [2.05, 4.69) is 21.7 Å². The zero-order valence-corrected chi connectivity index (χ0v) is 57.5. The van der Waals surface area contributed by atoms with Crippen LogP contribution in [0.15, 0.2) is 105 Å². The standard InChI is InChI=1S/C59H76ClN3O13S3.3Na/c1-4-5-31-58(2)50(62-35-13-17-42-21-27-48(78(68,69)70)52(58)54(42)62)29-23-44-15-12-16-45(56(44)76-47-25-19-46(20-26-47)57(64)61-34-38-75-40-39-74-37-10-7-6-9-33-60)24-30-51-59(3,32-8-11-41-77(65,66)67)53-49(79(71,72)73)28-22-43-18-14-36-63(51)55(43)53;;;/h19-30H,1,4-18,31-41H2,2-3H3,(H,61,64)(H,65,66,67)(H,68,69,70)(H,71,72,73);;;/q;3*+1/p-3. The van der Waals surface area contributed by atoms with Crippen LogP contribution >= 0.6 is 11.6 Å². The van der Waals surface area contributed by atoms with Crippen LogP contribution in [0.4, 0.5) is 11.4 Å². The summed E-state index contributed by atoms with van der Waals surface area (Å²) in [5, 5.41) is 2.90. The van der Waals surface area contributed by atoms with Gasteiger partial charge >= 0.3 is 88.7 Å². The van der Waals surface area contributed by atoms with Gasteiger partial charge in [-0.25, -0.2) is 25.3 Å². The Labute approximate surface area is 557 Å². The van der Waals surface area contributed by atoms with Crippen molar-refractivity contribution in [1.29, 1.82) is 0 Å². The molecule has 2 unspecified atom stereocenters. The molecule has 0 saturated heterocycles. The average Bonchev–Trinajstić information content (AvgIpc) is 2.30. The maximum Gasteiger partial charge on any atom is 1.00 e. The van der Waals surface area contributed by atoms with E-state index in [0.29, 0.717) is 131 Å². The number of aryl methyl sites for hydroxylation is 2. The number of carbonyl (C=O) groups excluding carboxylic acids is 1. The number of benzene rings is 3. The smallest absolute Gasteiger partial charge is 0.748 e. The van der Waals surface area contributed by atoms with Crippen LogP contribution in [-0.4, -0.2) is 113 Å². The fraction of sp³-hybridized carbons (Fsp3) is 0.508. The summed E-state index contributed by atoms with van der Waals surface area (Å²) in [6, 6.07) is 13.1. The molecule has 3 aromatic carbocycles. The molecule has 0 radical (unpaired) electrons. The number of anilines is 1. The van der Waals surface area contributed by atoms with Crippen molar-refractivity contribution in [3.8, 4) is 5.75 Å². The average molecular weight is 1230 g/mol. The van der Waals surface area contributed by atoms with Gasteiger partial charge in [0.25, 0.3) is 5.91 Å². The summed E-state index contributed by atoms with van der Waals surface area (Å²) in [6.45, 7) is 11.3. The second-order valence-corrected chi connectivity index (χ2v) is 26.1. The Morgan fingerprint density at radius 2 is 1.38 bits per heavy atom. The Balaban J connectivity index is 0.00000411. The number of nitrogens with zero attached hydrogens (tertiary/aromatic N) is 2. The number of ether oxygens (including phenoxy) is 3. The molecular formula is C59H73ClN3Na3O13S3. The van der Waals surface area contributed by atoms with Crippen LogP contribution in [0.1, 0.15) is 143 Å². The first kappa shape index (κ1) is 71.1. The predicted molar refractivity (Wildman–Crippen MR) is 301 cm³/mol. The third-order valence-electron chi connectivity index (χ3n) is 16.0. The summed E-state index contributed by atoms with van der Waals surface area (Å²) < 4.78 is 133. The third kappa shape index (κ3) is 16.9. The van der Waals surface area contributed by atoms with Crippen LogP contribution < -0.4 is 104 Å². The van der Waals surface area contributed by atoms with Crippen molar-refractivity contribution in [1.82, 2.24) is 5.32 Å². The van der Waals surface area contributed by atoms with E-state index in [4.69, 9.17) is 25.8 Å². The van der Waals surface area contributed by atoms with E-state index in [1.165, 1.54) is 12.1 Å². The monoisotopic (exact) mass is 1230 g/mol. The minimum Gasteiger partial charge on any atom is -0.748 e. The molecule has 0 spiro atoms. The van der Waals surface area contributed by atoms with Gasteiger partial charge in [0.1, 0.15) is 38.3 Å². The summed E-state index contributed by atoms with van der Waals surface area (Å²) >= 11 is 5.74. The Kier molecular flexibility index (Phi) is 27.3. The molecule has 0 saturated carbocycles. The summed E-state index contributed by atoms with van der Waals surface area (Å²) in [4.78, 5) is 14.9. The van der Waals surface area contributed by atoms with Gasteiger partial charge in [0, 0.05) is 77.3 Å². The number of hydrogen-bond acceptors (Lipinski definition) is 14. The molecule has 82 heavy (non-hydrogen) atoms. The van der Waals surface area contributed by atoms with Crippen molar-refractivity contribution < 1.29 is 151 Å². The Morgan fingerprint density at radius 3 is 2.06 bits per heavy atom. The maximum atomic E-state index is 13.3. The topological polar surface area (TPSA) is 235 Å². The van der Waals surface area contributed by atoms with Crippen molar-refractivity contribution in [2.75, 3.05) is 62.6 Å². The third-order valence-corrected chi connectivity index (χ3v) is 18.8. The van der Waals surface area contributed by atoms with Crippen LogP contribution in [0.5, 0.6) is 5.75 Å². The van der Waals surface area contributed by atoms with Gasteiger partial charge < -0.3 is 45.0 Å². The van der Waals surface area contributed by atoms with Gasteiger partial charge in [-0.2, -0.15) is 11.0 Å². The quantitative estimate of drug-likeness (QED) is 0.0264. The Hall–Kier alpha value is -1.70. The fourth-order valence-corrected chi connectivity index (χ4v) is 14.6. The number of nitrogens with one attached hydrogen (secondary N) is 1. The predicted octanol–water partition coefficient (Wildman–Crippen LogP) is 0.699. The van der Waals surface area contributed by atoms with Crippen LogP contribution in [-0.2, 0) is 63.5 Å². The number of allylic oxidation sites excluding steroid dienone is 7. The van der Waals surface area contributed by atoms with Crippen LogP contribution in [0.3, 0.4) is 0 Å². The number of unbranched alkanes of at least 4 members (excludes halogenated alkanes) is 5. The molecule has 0 bridgehead atoms. The summed E-state index contributed by atoms with van der Waals surface area (Å²) in [5.74, 6) is 0.798. The second kappa shape index (κ2) is 31.5. The Bertz CT molecular complexity index is 3280. The van der Waals surface area contributed by atoms with Crippen LogP contribution in [0.25, 0.3) is 0 Å². The van der Waals surface area contributed by atoms with Gasteiger partial charge in [0.2, 0.25) is 5.69 Å². The molecule has 1 N–H and O–H groups in total. The van der Waals surface area contributed by atoms with Crippen molar-refractivity contribution >= 4 is 64.9 Å². The number of halogens is 1. The van der Waals surface area contributed by atoms with E-state index in [1.807, 2.05) is 38.2 Å². The van der Waals surface area contributed by atoms with E-state index >= 15 is 0 Å². The van der Waals surface area contributed by atoms with Crippen LogP contribution in [0, 0.1) is 6.92 Å². The number of alkyl halides is 1. The first-order valence-corrected chi connectivity index (χ1v) is 32.6. The largest absolute Gasteiger partial charge is 1.00 e. The molecule has 8 rings (SSSR count). The van der Waals surface area contributed by atoms with Crippen LogP contribution in [0.2, 0.25) is 0 Å². The zero-order valence-electron chi connectivity index (χ0n) is 48.3. The van der Waals surface area contributed by atoms with Crippen molar-refractivity contribution in [3.05, 3.63) is 130 Å². The fourth-order valence-electron chi connectivity index (χ4n) is 12.3. The molecule has 4 aliphatic heterocycles. The Morgan fingerprint density at radius 1 is 0.720 bits per heavy atom. The van der Waals surface area contributed by atoms with E-state index in [0.717, 1.165) is 84.3 Å². The van der Waals surface area contributed by atoms with E-state index in [9.17, 15) is 43.7 Å². The normalized spacial score (nSPS) is 20.4. The minimum atomic E-state index is -4.96. The molecule has 2 atom stereocenters. The molecule has 0 aromatic heterocycles. The van der Waals surface area contributed by atoms with Gasteiger partial charge in [-0.3, -0.25) is 4.79 Å². The van der Waals surface area contributed by atoms with Gasteiger partial charge in [-0.05, 0) is 150 Å². The summed E-state index contributed by atoms with van der Waals surface area (Å²) in [7, 11) is -14.3. The van der Waals surface area contributed by atoms with E-state index in [-0.39, 0.29) is 124 Å². The maximum absolute atomic E-state index is 13.3. The molecule has 430 valence electrons. The van der Waals surface area contributed by atoms with Crippen molar-refractivity contribution in [2.24, 2.45) is 0 Å². The first-order chi connectivity index (χ1) is 37.7. The number of hydrogen-bond donors (Lipinski definition) is 1. The molecule has 3 aromatic rings. The van der Waals surface area contributed by atoms with Gasteiger partial charge in [-0.1, -0.05) is 43.9 Å². The molecule has 4 heterocycles.